The number of pyridine rings is 1. The summed E-state index contributed by atoms with van der Waals surface area (Å²) in [6.07, 6.45) is 7.03. The van der Waals surface area contributed by atoms with E-state index in [-0.39, 0.29) is 29.0 Å². The molecular weight excluding hydrogens is 388 g/mol. The van der Waals surface area contributed by atoms with Crippen LogP contribution in [0.3, 0.4) is 0 Å². The number of carbonyl (C=O) groups is 1. The van der Waals surface area contributed by atoms with Crippen molar-refractivity contribution in [1.82, 2.24) is 9.47 Å². The monoisotopic (exact) mass is 422 g/mol. The average molecular weight is 423 g/mol. The maximum atomic E-state index is 13.0. The highest BCUT2D eigenvalue weighted by atomic mass is 16.6. The number of carbonyl (C=O) groups excluding carboxylic acids is 1. The maximum Gasteiger partial charge on any atom is 0.310 e. The minimum Gasteiger partial charge on any atom is -0.462 e. The van der Waals surface area contributed by atoms with E-state index in [0.717, 1.165) is 45.4 Å². The second kappa shape index (κ2) is 7.06. The van der Waals surface area contributed by atoms with Crippen molar-refractivity contribution in [3.63, 3.8) is 0 Å². The summed E-state index contributed by atoms with van der Waals surface area (Å²) in [5.41, 5.74) is 4.74. The summed E-state index contributed by atoms with van der Waals surface area (Å²) in [6, 6.07) is 5.69. The number of piperidine rings is 1. The number of likely N-dealkylation sites (tertiary alicyclic amines) is 1. The maximum absolute atomic E-state index is 13.0. The number of fused-ring (bicyclic) bond motifs is 6. The van der Waals surface area contributed by atoms with Crippen LogP contribution in [0.2, 0.25) is 0 Å². The highest BCUT2D eigenvalue weighted by molar-refractivity contribution is 5.76. The van der Waals surface area contributed by atoms with E-state index in [9.17, 15) is 9.59 Å². The highest BCUT2D eigenvalue weighted by Gasteiger charge is 2.53. The van der Waals surface area contributed by atoms with Crippen molar-refractivity contribution in [3.8, 4) is 0 Å². The Bertz CT molecular complexity index is 1010. The molecule has 0 radical (unpaired) electrons. The van der Waals surface area contributed by atoms with Gasteiger partial charge in [-0.3, -0.25) is 9.59 Å². The number of esters is 1. The summed E-state index contributed by atoms with van der Waals surface area (Å²) in [5, 5.41) is 0. The molecule has 2 bridgehead atoms. The second-order valence-corrected chi connectivity index (χ2v) is 11.2. The number of aromatic nitrogens is 1. The molecule has 0 amide bonds. The molecule has 5 aliphatic rings. The van der Waals surface area contributed by atoms with Gasteiger partial charge in [-0.2, -0.15) is 0 Å². The lowest BCUT2D eigenvalue weighted by atomic mass is 9.59. The minimum atomic E-state index is -0.00595. The van der Waals surface area contributed by atoms with Gasteiger partial charge in [-0.1, -0.05) is 24.1 Å². The van der Waals surface area contributed by atoms with E-state index in [1.165, 1.54) is 25.0 Å². The molecule has 5 nitrogen and oxygen atoms in total. The number of ether oxygens (including phenoxy) is 1. The first-order valence-electron chi connectivity index (χ1n) is 12.2. The van der Waals surface area contributed by atoms with Gasteiger partial charge in [-0.25, -0.2) is 0 Å². The van der Waals surface area contributed by atoms with Gasteiger partial charge in [0.15, 0.2) is 0 Å². The molecule has 0 spiro atoms. The van der Waals surface area contributed by atoms with Crippen molar-refractivity contribution in [3.05, 3.63) is 45.4 Å². The van der Waals surface area contributed by atoms with Gasteiger partial charge in [0.2, 0.25) is 0 Å². The van der Waals surface area contributed by atoms with E-state index >= 15 is 0 Å². The van der Waals surface area contributed by atoms with Crippen LogP contribution < -0.4 is 5.56 Å². The van der Waals surface area contributed by atoms with Crippen LogP contribution in [0.4, 0.5) is 0 Å². The fourth-order valence-electron chi connectivity index (χ4n) is 7.74. The Morgan fingerprint density at radius 1 is 1.19 bits per heavy atom. The van der Waals surface area contributed by atoms with Crippen LogP contribution in [0.25, 0.3) is 0 Å². The van der Waals surface area contributed by atoms with Gasteiger partial charge < -0.3 is 14.2 Å². The van der Waals surface area contributed by atoms with Gasteiger partial charge in [0, 0.05) is 49.8 Å². The van der Waals surface area contributed by atoms with E-state index in [1.807, 2.05) is 10.6 Å². The normalized spacial score (nSPS) is 39.5. The van der Waals surface area contributed by atoms with Crippen LogP contribution >= 0.6 is 0 Å². The molecule has 5 heteroatoms. The molecule has 166 valence electrons. The lowest BCUT2D eigenvalue weighted by Gasteiger charge is -2.46. The zero-order valence-electron chi connectivity index (χ0n) is 18.8. The number of hydrogen-bond donors (Lipinski definition) is 0. The van der Waals surface area contributed by atoms with E-state index in [0.29, 0.717) is 17.8 Å². The Morgan fingerprint density at radius 3 is 2.94 bits per heavy atom. The smallest absolute Gasteiger partial charge is 0.310 e. The van der Waals surface area contributed by atoms with Crippen molar-refractivity contribution in [2.75, 3.05) is 19.6 Å². The largest absolute Gasteiger partial charge is 0.462 e. The van der Waals surface area contributed by atoms with Gasteiger partial charge in [-0.05, 0) is 62.8 Å². The number of nitrogens with zero attached hydrogens (tertiary/aromatic N) is 2. The molecule has 1 aromatic rings. The number of allylic oxidation sites excluding steroid dienone is 2. The highest BCUT2D eigenvalue weighted by Crippen LogP contribution is 2.55. The average Bonchev–Trinajstić information content (AvgIpc) is 3.01. The SMILES string of the molecule is CC1=C2C[C@@H]3C(CN4CC5CC(C4)c4cccc(=O)n4C5)C(=O)O[C@@H]3C[C@@]2(C)CCC1. The van der Waals surface area contributed by atoms with Gasteiger partial charge in [-0.15, -0.1) is 0 Å². The summed E-state index contributed by atoms with van der Waals surface area (Å²) in [7, 11) is 0. The fourth-order valence-corrected chi connectivity index (χ4v) is 7.74. The van der Waals surface area contributed by atoms with Gasteiger partial charge in [0.1, 0.15) is 6.10 Å². The summed E-state index contributed by atoms with van der Waals surface area (Å²) in [5.74, 6) is 1.25. The van der Waals surface area contributed by atoms with Crippen LogP contribution in [0.5, 0.6) is 0 Å². The van der Waals surface area contributed by atoms with Crippen LogP contribution in [-0.2, 0) is 16.1 Å². The third-order valence-corrected chi connectivity index (χ3v) is 9.19. The van der Waals surface area contributed by atoms with Crippen LogP contribution in [0.15, 0.2) is 34.1 Å². The Kier molecular flexibility index (Phi) is 4.51. The Balaban J connectivity index is 1.22. The van der Waals surface area contributed by atoms with Crippen molar-refractivity contribution < 1.29 is 9.53 Å². The molecule has 6 rings (SSSR count). The minimum absolute atomic E-state index is 0.00595. The van der Waals surface area contributed by atoms with Gasteiger partial charge in [0.05, 0.1) is 5.92 Å². The van der Waals surface area contributed by atoms with E-state index in [4.69, 9.17) is 4.74 Å². The molecule has 1 saturated carbocycles. The Morgan fingerprint density at radius 2 is 2.06 bits per heavy atom. The van der Waals surface area contributed by atoms with E-state index in [2.05, 4.69) is 24.8 Å². The zero-order valence-corrected chi connectivity index (χ0v) is 18.8. The zero-order chi connectivity index (χ0) is 21.3. The predicted octanol–water partition coefficient (Wildman–Crippen LogP) is 3.73. The predicted molar refractivity (Wildman–Crippen MR) is 119 cm³/mol. The lowest BCUT2D eigenvalue weighted by molar-refractivity contribution is -0.145. The van der Waals surface area contributed by atoms with Crippen LogP contribution in [0, 0.1) is 23.2 Å². The van der Waals surface area contributed by atoms with Crippen LogP contribution in [-0.4, -0.2) is 41.2 Å². The molecule has 3 fully saturated rings. The van der Waals surface area contributed by atoms with Crippen molar-refractivity contribution in [2.24, 2.45) is 23.2 Å². The first-order chi connectivity index (χ1) is 14.9. The quantitative estimate of drug-likeness (QED) is 0.538. The van der Waals surface area contributed by atoms with Crippen molar-refractivity contribution in [2.45, 2.75) is 70.9 Å². The standard InChI is InChI=1S/C26H34N2O3/c1-16-5-4-8-26(2)11-23-19(10-21(16)26)20(25(30)31-23)15-27-12-17-9-18(14-27)22-6-3-7-24(29)28(22)13-17/h3,6-7,17-20,23H,4-5,8-15H2,1-2H3/t17?,18?,19-,20?,23-,26-/m1/s1. The van der Waals surface area contributed by atoms with Gasteiger partial charge in [0.25, 0.3) is 5.56 Å². The molecule has 31 heavy (non-hydrogen) atoms. The Hall–Kier alpha value is -1.88. The molecule has 3 aliphatic heterocycles. The summed E-state index contributed by atoms with van der Waals surface area (Å²) in [6.45, 7) is 8.26. The molecule has 0 N–H and O–H groups in total. The van der Waals surface area contributed by atoms with E-state index in [1.54, 1.807) is 17.2 Å². The first kappa shape index (κ1) is 19.8. The third-order valence-electron chi connectivity index (χ3n) is 9.19. The summed E-state index contributed by atoms with van der Waals surface area (Å²) < 4.78 is 7.98. The number of rotatable bonds is 2. The molecule has 2 aliphatic carbocycles. The molecule has 2 saturated heterocycles. The third kappa shape index (κ3) is 3.14. The molecule has 6 atom stereocenters. The van der Waals surface area contributed by atoms with Gasteiger partial charge >= 0.3 is 5.97 Å². The lowest BCUT2D eigenvalue weighted by Crippen LogP contribution is -2.49. The Labute approximate surface area is 184 Å². The van der Waals surface area contributed by atoms with E-state index < -0.39 is 0 Å². The molecule has 0 aromatic carbocycles. The molecule has 3 unspecified atom stereocenters. The molecule has 1 aromatic heterocycles. The first-order valence-corrected chi connectivity index (χ1v) is 12.2. The molecular formula is C26H34N2O3. The summed E-state index contributed by atoms with van der Waals surface area (Å²) >= 11 is 0. The molecule has 4 heterocycles. The number of hydrogen-bond acceptors (Lipinski definition) is 4. The van der Waals surface area contributed by atoms with Crippen molar-refractivity contribution in [1.29, 1.82) is 0 Å². The topological polar surface area (TPSA) is 51.5 Å². The summed E-state index contributed by atoms with van der Waals surface area (Å²) in [4.78, 5) is 27.8. The second-order valence-electron chi connectivity index (χ2n) is 11.2. The van der Waals surface area contributed by atoms with Crippen LogP contribution in [0.1, 0.15) is 64.0 Å². The fraction of sp³-hybridized carbons (Fsp3) is 0.692. The van der Waals surface area contributed by atoms with Crippen molar-refractivity contribution >= 4 is 5.97 Å².